The smallest absolute Gasteiger partial charge is 0.399 e. The summed E-state index contributed by atoms with van der Waals surface area (Å²) in [5, 5.41) is 3.64. The Morgan fingerprint density at radius 2 is 1.03 bits per heavy atom. The van der Waals surface area contributed by atoms with Crippen molar-refractivity contribution in [1.29, 1.82) is 0 Å². The molecule has 2 heterocycles. The van der Waals surface area contributed by atoms with Crippen molar-refractivity contribution in [2.45, 2.75) is 26.2 Å². The van der Waals surface area contributed by atoms with Crippen LogP contribution in [0.4, 0.5) is 37.7 Å². The summed E-state index contributed by atoms with van der Waals surface area (Å²) in [4.78, 5) is 32.1. The SMILES string of the molecule is Cc1ccc2nc(-c3ccc(N)cc3)sc2c1.Cc1ccc2nc(-c3ccc(NC(=O)c4cccc(C(F)(F)F)c4)cc3)sc2c1.O=C(Cl)c1cccc(C(F)(F)F)c1. The fourth-order valence-electron chi connectivity index (χ4n) is 5.49. The van der Waals surface area contributed by atoms with Crippen LogP contribution in [-0.4, -0.2) is 21.1 Å². The zero-order valence-corrected chi connectivity index (χ0v) is 33.3. The van der Waals surface area contributed by atoms with Crippen molar-refractivity contribution in [1.82, 2.24) is 9.97 Å². The molecule has 3 N–H and O–H groups in total. The van der Waals surface area contributed by atoms with E-state index in [1.54, 1.807) is 34.8 Å². The first kappa shape index (κ1) is 42.5. The van der Waals surface area contributed by atoms with E-state index in [2.05, 4.69) is 46.5 Å². The van der Waals surface area contributed by atoms with Crippen LogP contribution in [0.15, 0.2) is 133 Å². The van der Waals surface area contributed by atoms with Crippen LogP contribution < -0.4 is 11.1 Å². The highest BCUT2D eigenvalue weighted by molar-refractivity contribution is 7.22. The first-order chi connectivity index (χ1) is 27.9. The molecule has 0 aliphatic rings. The Morgan fingerprint density at radius 3 is 1.49 bits per heavy atom. The molecule has 0 saturated heterocycles. The first-order valence-corrected chi connectivity index (χ1v) is 19.5. The molecular weight excluding hydrogens is 830 g/mol. The highest BCUT2D eigenvalue weighted by Crippen LogP contribution is 2.34. The quantitative estimate of drug-likeness (QED) is 0.102. The number of aryl methyl sites for hydroxylation is 2. The summed E-state index contributed by atoms with van der Waals surface area (Å²) in [6.07, 6.45) is -8.93. The number of carbonyl (C=O) groups excluding carboxylic acids is 2. The summed E-state index contributed by atoms with van der Waals surface area (Å²) in [7, 11) is 0. The van der Waals surface area contributed by atoms with Crippen molar-refractivity contribution >= 4 is 77.2 Å². The third kappa shape index (κ3) is 11.1. The van der Waals surface area contributed by atoms with E-state index in [9.17, 15) is 35.9 Å². The van der Waals surface area contributed by atoms with Gasteiger partial charge in [-0.15, -0.1) is 22.7 Å². The molecule has 0 aliphatic heterocycles. The van der Waals surface area contributed by atoms with Crippen LogP contribution in [0.1, 0.15) is 43.0 Å². The highest BCUT2D eigenvalue weighted by Gasteiger charge is 2.31. The average Bonchev–Trinajstić information content (AvgIpc) is 3.82. The molecule has 6 aromatic carbocycles. The summed E-state index contributed by atoms with van der Waals surface area (Å²) in [6.45, 7) is 4.13. The predicted octanol–water partition coefficient (Wildman–Crippen LogP) is 13.5. The molecule has 0 atom stereocenters. The van der Waals surface area contributed by atoms with Gasteiger partial charge in [0.25, 0.3) is 11.1 Å². The molecule has 0 radical (unpaired) electrons. The maximum atomic E-state index is 12.8. The summed E-state index contributed by atoms with van der Waals surface area (Å²) in [5.74, 6) is -0.598. The van der Waals surface area contributed by atoms with Crippen LogP contribution in [0, 0.1) is 13.8 Å². The molecule has 0 spiro atoms. The zero-order valence-electron chi connectivity index (χ0n) is 31.0. The number of carbonyl (C=O) groups is 2. The number of hydrogen-bond donors (Lipinski definition) is 2. The molecule has 1 amide bonds. The molecule has 0 bridgehead atoms. The lowest BCUT2D eigenvalue weighted by molar-refractivity contribution is -0.138. The lowest BCUT2D eigenvalue weighted by atomic mass is 10.1. The fraction of sp³-hybridized carbons (Fsp3) is 0.0909. The number of aromatic nitrogens is 2. The fourth-order valence-corrected chi connectivity index (χ4v) is 7.75. The van der Waals surface area contributed by atoms with E-state index in [1.807, 2.05) is 55.5 Å². The number of nitrogens with zero attached hydrogens (tertiary/aromatic N) is 2. The van der Waals surface area contributed by atoms with Gasteiger partial charge >= 0.3 is 12.4 Å². The second-order valence-electron chi connectivity index (χ2n) is 13.1. The molecule has 300 valence electrons. The van der Waals surface area contributed by atoms with Gasteiger partial charge in [0.2, 0.25) is 0 Å². The molecule has 8 rings (SSSR count). The van der Waals surface area contributed by atoms with Gasteiger partial charge in [-0.3, -0.25) is 9.59 Å². The zero-order chi connectivity index (χ0) is 42.5. The van der Waals surface area contributed by atoms with Crippen molar-refractivity contribution in [3.05, 3.63) is 167 Å². The largest absolute Gasteiger partial charge is 0.416 e. The number of rotatable bonds is 5. The lowest BCUT2D eigenvalue weighted by Gasteiger charge is -2.09. The van der Waals surface area contributed by atoms with Gasteiger partial charge in [-0.05, 0) is 140 Å². The van der Waals surface area contributed by atoms with Crippen molar-refractivity contribution in [2.24, 2.45) is 0 Å². The minimum Gasteiger partial charge on any atom is -0.399 e. The second kappa shape index (κ2) is 17.8. The molecule has 0 fully saturated rings. The van der Waals surface area contributed by atoms with E-state index in [0.29, 0.717) is 5.69 Å². The Labute approximate surface area is 347 Å². The van der Waals surface area contributed by atoms with Crippen LogP contribution in [0.25, 0.3) is 41.6 Å². The Balaban J connectivity index is 0.000000165. The summed E-state index contributed by atoms with van der Waals surface area (Å²) < 4.78 is 77.0. The number of halogens is 7. The Bertz CT molecular complexity index is 2770. The minimum atomic E-state index is -4.49. The monoisotopic (exact) mass is 860 g/mol. The topological polar surface area (TPSA) is 98.0 Å². The molecule has 0 saturated carbocycles. The van der Waals surface area contributed by atoms with Gasteiger partial charge in [0.05, 0.1) is 31.6 Å². The van der Waals surface area contributed by atoms with E-state index in [-0.39, 0.29) is 11.1 Å². The molecule has 0 aliphatic carbocycles. The minimum absolute atomic E-state index is 0.0505. The number of nitrogen functional groups attached to an aromatic ring is 1. The van der Waals surface area contributed by atoms with Gasteiger partial charge in [0.15, 0.2) is 0 Å². The maximum Gasteiger partial charge on any atom is 0.416 e. The number of benzene rings is 6. The third-order valence-corrected chi connectivity index (χ3v) is 10.9. The number of nitrogens with two attached hydrogens (primary N) is 1. The van der Waals surface area contributed by atoms with E-state index >= 15 is 0 Å². The number of amides is 1. The number of fused-ring (bicyclic) bond motifs is 2. The number of hydrogen-bond acceptors (Lipinski definition) is 7. The van der Waals surface area contributed by atoms with Gasteiger partial charge in [-0.25, -0.2) is 9.97 Å². The molecule has 15 heteroatoms. The maximum absolute atomic E-state index is 12.8. The number of thiazole rings is 2. The number of nitrogens with one attached hydrogen (secondary N) is 1. The van der Waals surface area contributed by atoms with Crippen molar-refractivity contribution in [3.63, 3.8) is 0 Å². The third-order valence-electron chi connectivity index (χ3n) is 8.50. The predicted molar refractivity (Wildman–Crippen MR) is 225 cm³/mol. The van der Waals surface area contributed by atoms with Gasteiger partial charge in [0, 0.05) is 33.6 Å². The van der Waals surface area contributed by atoms with E-state index in [0.717, 1.165) is 72.9 Å². The van der Waals surface area contributed by atoms with Gasteiger partial charge in [0.1, 0.15) is 10.0 Å². The lowest BCUT2D eigenvalue weighted by Crippen LogP contribution is -2.13. The van der Waals surface area contributed by atoms with Crippen LogP contribution in [0.5, 0.6) is 0 Å². The first-order valence-electron chi connectivity index (χ1n) is 17.5. The Morgan fingerprint density at radius 1 is 0.593 bits per heavy atom. The van der Waals surface area contributed by atoms with E-state index in [1.165, 1.54) is 34.0 Å². The average molecular weight is 861 g/mol. The normalized spacial score (nSPS) is 11.3. The van der Waals surface area contributed by atoms with Crippen molar-refractivity contribution in [2.75, 3.05) is 11.1 Å². The van der Waals surface area contributed by atoms with E-state index in [4.69, 9.17) is 17.3 Å². The summed E-state index contributed by atoms with van der Waals surface area (Å²) in [6, 6.07) is 35.6. The Kier molecular flexibility index (Phi) is 12.8. The second-order valence-corrected chi connectivity index (χ2v) is 15.5. The van der Waals surface area contributed by atoms with E-state index < -0.39 is 34.6 Å². The molecular formula is C44H31ClF6N4O2S2. The summed E-state index contributed by atoms with van der Waals surface area (Å²) in [5.41, 5.74) is 11.5. The number of anilines is 2. The Hall–Kier alpha value is -6.09. The molecule has 8 aromatic rings. The van der Waals surface area contributed by atoms with Gasteiger partial charge in [-0.2, -0.15) is 26.3 Å². The molecule has 6 nitrogen and oxygen atoms in total. The van der Waals surface area contributed by atoms with Crippen LogP contribution >= 0.6 is 34.3 Å². The highest BCUT2D eigenvalue weighted by atomic mass is 35.5. The van der Waals surface area contributed by atoms with Crippen LogP contribution in [-0.2, 0) is 12.4 Å². The van der Waals surface area contributed by atoms with Crippen molar-refractivity contribution < 1.29 is 35.9 Å². The summed E-state index contributed by atoms with van der Waals surface area (Å²) >= 11 is 8.32. The van der Waals surface area contributed by atoms with Gasteiger partial charge < -0.3 is 11.1 Å². The molecule has 2 aromatic heterocycles. The van der Waals surface area contributed by atoms with Crippen LogP contribution in [0.2, 0.25) is 0 Å². The van der Waals surface area contributed by atoms with Crippen LogP contribution in [0.3, 0.4) is 0 Å². The standard InChI is InChI=1S/C22H15F3N2OS.C14H12N2S.C8H4ClF3O/c1-13-5-10-18-19(11-13)29-21(27-18)14-6-8-17(9-7-14)26-20(28)15-3-2-4-16(12-15)22(23,24)25;1-9-2-7-12-13(8-9)17-14(16-12)10-3-5-11(15)6-4-10;9-7(13)5-2-1-3-6(4-5)8(10,11)12/h2-12H,1H3,(H,26,28);2-8H,15H2,1H3;1-4H. The molecule has 59 heavy (non-hydrogen) atoms. The number of alkyl halides is 6. The van der Waals surface area contributed by atoms with Crippen molar-refractivity contribution in [3.8, 4) is 21.1 Å². The van der Waals surface area contributed by atoms with Gasteiger partial charge in [-0.1, -0.05) is 30.3 Å². The molecule has 0 unspecified atom stereocenters.